The molecule has 0 aliphatic carbocycles. The van der Waals surface area contributed by atoms with E-state index >= 15 is 0 Å². The van der Waals surface area contributed by atoms with Gasteiger partial charge in [0.1, 0.15) is 5.52 Å². The lowest BCUT2D eigenvalue weighted by atomic mass is 10.4. The van der Waals surface area contributed by atoms with Gasteiger partial charge in [-0.05, 0) is 0 Å². The van der Waals surface area contributed by atoms with Crippen molar-refractivity contribution in [1.82, 2.24) is 20.3 Å². The molecule has 0 amide bonds. The quantitative estimate of drug-likeness (QED) is 0.708. The van der Waals surface area contributed by atoms with Crippen LogP contribution in [0.1, 0.15) is 0 Å². The van der Waals surface area contributed by atoms with Crippen molar-refractivity contribution >= 4 is 17.2 Å². The number of anilines is 1. The van der Waals surface area contributed by atoms with Crippen LogP contribution in [0.3, 0.4) is 0 Å². The molecule has 0 bridgehead atoms. The number of fused-ring (bicyclic) bond motifs is 1. The molecule has 0 unspecified atom stereocenters. The number of oxazole rings is 1. The van der Waals surface area contributed by atoms with Gasteiger partial charge in [-0.1, -0.05) is 0 Å². The van der Waals surface area contributed by atoms with Crippen LogP contribution in [0.25, 0.3) is 11.2 Å². The van der Waals surface area contributed by atoms with Gasteiger partial charge in [0.15, 0.2) is 6.39 Å². The average molecular weight is 205 g/mol. The van der Waals surface area contributed by atoms with Crippen LogP contribution in [0.5, 0.6) is 0 Å². The molecule has 3 rings (SSSR count). The zero-order valence-corrected chi connectivity index (χ0v) is 8.18. The van der Waals surface area contributed by atoms with Gasteiger partial charge in [-0.15, -0.1) is 0 Å². The SMILES string of the molecule is c1nc2cnc(N3CCNCC3)nc2o1. The van der Waals surface area contributed by atoms with Crippen LogP contribution in [0.4, 0.5) is 5.95 Å². The lowest BCUT2D eigenvalue weighted by molar-refractivity contribution is 0.570. The van der Waals surface area contributed by atoms with Crippen molar-refractivity contribution in [3.8, 4) is 0 Å². The Morgan fingerprint density at radius 3 is 3.00 bits per heavy atom. The van der Waals surface area contributed by atoms with E-state index in [1.807, 2.05) is 0 Å². The van der Waals surface area contributed by atoms with E-state index < -0.39 is 0 Å². The number of aromatic nitrogens is 3. The number of hydrogen-bond acceptors (Lipinski definition) is 6. The first-order valence-corrected chi connectivity index (χ1v) is 4.95. The van der Waals surface area contributed by atoms with Crippen molar-refractivity contribution in [3.63, 3.8) is 0 Å². The molecule has 0 aromatic carbocycles. The summed E-state index contributed by atoms with van der Waals surface area (Å²) in [7, 11) is 0. The summed E-state index contributed by atoms with van der Waals surface area (Å²) < 4.78 is 5.14. The van der Waals surface area contributed by atoms with Crippen LogP contribution >= 0.6 is 0 Å². The molecule has 1 aliphatic heterocycles. The molecule has 0 atom stereocenters. The highest BCUT2D eigenvalue weighted by molar-refractivity contribution is 5.67. The molecule has 1 fully saturated rings. The fraction of sp³-hybridized carbons (Fsp3) is 0.444. The van der Waals surface area contributed by atoms with Gasteiger partial charge in [-0.2, -0.15) is 4.98 Å². The Balaban J connectivity index is 1.95. The highest BCUT2D eigenvalue weighted by Gasteiger charge is 2.14. The second-order valence-corrected chi connectivity index (χ2v) is 3.45. The number of rotatable bonds is 1. The van der Waals surface area contributed by atoms with Crippen LogP contribution in [-0.2, 0) is 0 Å². The molecule has 1 aliphatic rings. The van der Waals surface area contributed by atoms with Gasteiger partial charge in [0, 0.05) is 26.2 Å². The smallest absolute Gasteiger partial charge is 0.251 e. The summed E-state index contributed by atoms with van der Waals surface area (Å²) in [6.07, 6.45) is 3.09. The molecular weight excluding hydrogens is 194 g/mol. The second kappa shape index (κ2) is 3.47. The first-order chi connectivity index (χ1) is 7.43. The molecule has 78 valence electrons. The molecular formula is C9H11N5O. The monoisotopic (exact) mass is 205 g/mol. The molecule has 6 heteroatoms. The summed E-state index contributed by atoms with van der Waals surface area (Å²) in [5, 5.41) is 3.28. The summed E-state index contributed by atoms with van der Waals surface area (Å²) in [4.78, 5) is 14.7. The summed E-state index contributed by atoms with van der Waals surface area (Å²) in [5.74, 6) is 0.723. The molecule has 2 aromatic heterocycles. The van der Waals surface area contributed by atoms with Gasteiger partial charge in [0.2, 0.25) is 5.95 Å². The van der Waals surface area contributed by atoms with E-state index in [0.29, 0.717) is 11.2 Å². The highest BCUT2D eigenvalue weighted by atomic mass is 16.3. The van der Waals surface area contributed by atoms with Gasteiger partial charge in [-0.25, -0.2) is 9.97 Å². The van der Waals surface area contributed by atoms with E-state index in [1.165, 1.54) is 6.39 Å². The second-order valence-electron chi connectivity index (χ2n) is 3.45. The minimum atomic E-state index is 0.554. The van der Waals surface area contributed by atoms with E-state index in [2.05, 4.69) is 25.2 Å². The van der Waals surface area contributed by atoms with Gasteiger partial charge >= 0.3 is 0 Å². The summed E-state index contributed by atoms with van der Waals surface area (Å²) in [6, 6.07) is 0. The Kier molecular flexibility index (Phi) is 1.99. The van der Waals surface area contributed by atoms with Crippen LogP contribution < -0.4 is 10.2 Å². The normalized spacial score (nSPS) is 17.2. The third-order valence-electron chi connectivity index (χ3n) is 2.48. The molecule has 6 nitrogen and oxygen atoms in total. The Morgan fingerprint density at radius 1 is 1.27 bits per heavy atom. The third kappa shape index (κ3) is 1.52. The number of piperazine rings is 1. The van der Waals surface area contributed by atoms with Crippen molar-refractivity contribution in [2.75, 3.05) is 31.1 Å². The average Bonchev–Trinajstić information content (AvgIpc) is 2.77. The van der Waals surface area contributed by atoms with Gasteiger partial charge in [0.05, 0.1) is 6.20 Å². The fourth-order valence-electron chi connectivity index (χ4n) is 1.68. The van der Waals surface area contributed by atoms with Crippen molar-refractivity contribution in [2.45, 2.75) is 0 Å². The van der Waals surface area contributed by atoms with Crippen LogP contribution in [0.2, 0.25) is 0 Å². The molecule has 0 saturated carbocycles. The Bertz CT molecular complexity index is 462. The van der Waals surface area contributed by atoms with Crippen molar-refractivity contribution in [2.24, 2.45) is 0 Å². The van der Waals surface area contributed by atoms with Gasteiger partial charge < -0.3 is 14.6 Å². The van der Waals surface area contributed by atoms with E-state index in [9.17, 15) is 0 Å². The maximum Gasteiger partial charge on any atom is 0.251 e. The van der Waals surface area contributed by atoms with Crippen LogP contribution in [-0.4, -0.2) is 41.1 Å². The predicted octanol–water partition coefficient (Wildman–Crippen LogP) is 0.0274. The molecule has 1 N–H and O–H groups in total. The van der Waals surface area contributed by atoms with E-state index in [4.69, 9.17) is 4.42 Å². The van der Waals surface area contributed by atoms with E-state index in [0.717, 1.165) is 32.1 Å². The topological polar surface area (TPSA) is 67.1 Å². The van der Waals surface area contributed by atoms with Crippen molar-refractivity contribution in [3.05, 3.63) is 12.6 Å². The molecule has 0 spiro atoms. The first kappa shape index (κ1) is 8.60. The zero-order chi connectivity index (χ0) is 10.1. The molecule has 15 heavy (non-hydrogen) atoms. The summed E-state index contributed by atoms with van der Waals surface area (Å²) in [5.41, 5.74) is 1.26. The lowest BCUT2D eigenvalue weighted by Gasteiger charge is -2.26. The Labute approximate surface area is 86.3 Å². The minimum Gasteiger partial charge on any atom is -0.425 e. The Hall–Kier alpha value is -1.69. The van der Waals surface area contributed by atoms with Crippen LogP contribution in [0, 0.1) is 0 Å². The summed E-state index contributed by atoms with van der Waals surface area (Å²) >= 11 is 0. The molecule has 3 heterocycles. The van der Waals surface area contributed by atoms with Crippen LogP contribution in [0.15, 0.2) is 17.0 Å². The number of nitrogens with zero attached hydrogens (tertiary/aromatic N) is 4. The van der Waals surface area contributed by atoms with Crippen molar-refractivity contribution < 1.29 is 4.42 Å². The molecule has 1 saturated heterocycles. The molecule has 0 radical (unpaired) electrons. The third-order valence-corrected chi connectivity index (χ3v) is 2.48. The maximum absolute atomic E-state index is 5.14. The van der Waals surface area contributed by atoms with Gasteiger partial charge in [-0.3, -0.25) is 0 Å². The maximum atomic E-state index is 5.14. The minimum absolute atomic E-state index is 0.554. The predicted molar refractivity (Wildman–Crippen MR) is 54.7 cm³/mol. The first-order valence-electron chi connectivity index (χ1n) is 4.95. The largest absolute Gasteiger partial charge is 0.425 e. The Morgan fingerprint density at radius 2 is 2.13 bits per heavy atom. The van der Waals surface area contributed by atoms with Crippen molar-refractivity contribution in [1.29, 1.82) is 0 Å². The number of hydrogen-bond donors (Lipinski definition) is 1. The molecule has 2 aromatic rings. The van der Waals surface area contributed by atoms with E-state index in [-0.39, 0.29) is 0 Å². The standard InChI is InChI=1S/C9H11N5O/c1-3-14(4-2-10-1)9-11-5-7-8(13-9)15-6-12-7/h5-6,10H,1-4H2. The summed E-state index contributed by atoms with van der Waals surface area (Å²) in [6.45, 7) is 3.80. The van der Waals surface area contributed by atoms with Gasteiger partial charge in [0.25, 0.3) is 5.71 Å². The fourth-order valence-corrected chi connectivity index (χ4v) is 1.68. The van der Waals surface area contributed by atoms with E-state index in [1.54, 1.807) is 6.20 Å². The lowest BCUT2D eigenvalue weighted by Crippen LogP contribution is -2.44. The highest BCUT2D eigenvalue weighted by Crippen LogP contribution is 2.13. The number of nitrogens with one attached hydrogen (secondary N) is 1. The zero-order valence-electron chi connectivity index (χ0n) is 8.18.